The van der Waals surface area contributed by atoms with Gasteiger partial charge in [0.1, 0.15) is 24.5 Å². The van der Waals surface area contributed by atoms with Crippen molar-refractivity contribution in [2.24, 2.45) is 0 Å². The Morgan fingerprint density at radius 1 is 0.448 bits per heavy atom. The van der Waals surface area contributed by atoms with Crippen LogP contribution in [-0.2, 0) is 51.1 Å². The molecule has 0 aromatic heterocycles. The maximum Gasteiger partial charge on any atom is 0.491 e. The summed E-state index contributed by atoms with van der Waals surface area (Å²) in [6.07, 6.45) is 0. The predicted octanol–water partition coefficient (Wildman–Crippen LogP) is -2.34. The van der Waals surface area contributed by atoms with Crippen LogP contribution in [0.2, 0.25) is 0 Å². The van der Waals surface area contributed by atoms with Crippen molar-refractivity contribution in [3.05, 3.63) is 0 Å². The highest BCUT2D eigenvalue weighted by Crippen LogP contribution is 2.40. The molecule has 166 valence electrons. The summed E-state index contributed by atoms with van der Waals surface area (Å²) in [4.78, 5) is -16.7. The minimum Gasteiger partial charge on any atom is -0.423 e. The van der Waals surface area contributed by atoms with E-state index in [2.05, 4.69) is 0 Å². The number of benzene rings is 1. The number of halogens is 5. The third-order valence-electron chi connectivity index (χ3n) is 2.79. The first kappa shape index (κ1) is 25.6. The molecule has 0 spiro atoms. The zero-order valence-corrected chi connectivity index (χ0v) is 16.6. The van der Waals surface area contributed by atoms with E-state index in [0.717, 1.165) is 0 Å². The van der Waals surface area contributed by atoms with E-state index in [0.29, 0.717) is 0 Å². The second-order valence-corrected chi connectivity index (χ2v) is 11.0. The van der Waals surface area contributed by atoms with Crippen molar-refractivity contribution in [1.82, 2.24) is 0 Å². The summed E-state index contributed by atoms with van der Waals surface area (Å²) in [7, 11) is -39.5. The van der Waals surface area contributed by atoms with Gasteiger partial charge in [-0.1, -0.05) is 0 Å². The molecule has 2 N–H and O–H groups in total. The molecule has 1 aromatic rings. The summed E-state index contributed by atoms with van der Waals surface area (Å²) < 4.78 is 179. The van der Waals surface area contributed by atoms with E-state index in [-0.39, 0.29) is 0 Å². The highest BCUT2D eigenvalue weighted by atomic mass is 32.3. The van der Waals surface area contributed by atoms with Crippen LogP contribution in [0.15, 0.2) is 24.5 Å². The van der Waals surface area contributed by atoms with Gasteiger partial charge in [0.2, 0.25) is 0 Å². The van der Waals surface area contributed by atoms with E-state index in [1.54, 1.807) is 0 Å². The van der Waals surface area contributed by atoms with Crippen LogP contribution in [0.3, 0.4) is 0 Å². The fraction of sp³-hybridized carbons (Fsp3) is 0. The maximum absolute atomic E-state index is 13.5. The summed E-state index contributed by atoms with van der Waals surface area (Å²) in [5.41, 5.74) is -2.88. The highest BCUT2D eigenvalue weighted by Gasteiger charge is 2.50. The molecule has 0 amide bonds. The van der Waals surface area contributed by atoms with Crippen molar-refractivity contribution in [1.29, 1.82) is 0 Å². The molecule has 0 saturated carbocycles. The van der Waals surface area contributed by atoms with Gasteiger partial charge in [-0.05, 0) is 0 Å². The lowest BCUT2D eigenvalue weighted by Crippen LogP contribution is -2.40. The van der Waals surface area contributed by atoms with Gasteiger partial charge in [0, 0.05) is 5.46 Å². The van der Waals surface area contributed by atoms with Crippen LogP contribution in [0.5, 0.6) is 0 Å². The molecule has 0 aliphatic rings. The van der Waals surface area contributed by atoms with Gasteiger partial charge in [-0.3, -0.25) is 0 Å². The summed E-state index contributed by atoms with van der Waals surface area (Å²) in [6, 6.07) is 0. The fourth-order valence-corrected chi connectivity index (χ4v) is 8.23. The molecule has 0 saturated heterocycles. The molecule has 0 bridgehead atoms. The standard InChI is InChI=1S/C6H2BF5O12S5/c8-25(15,16)2-1(7(13)14)3(26(9,17)18)5(28(11,21)22)6(29(12,23)24)4(2)27(10,19)20/h13-14H. The lowest BCUT2D eigenvalue weighted by atomic mass is 9.80. The van der Waals surface area contributed by atoms with Gasteiger partial charge in [-0.2, -0.15) is 42.1 Å². The predicted molar refractivity (Wildman–Crippen MR) is 77.7 cm³/mol. The zero-order valence-electron chi connectivity index (χ0n) is 12.5. The SMILES string of the molecule is O=S(=O)(F)c1c(B(O)O)c(S(=O)(=O)F)c(S(=O)(=O)F)c(S(=O)(=O)F)c1S(=O)(=O)F. The Bertz CT molecular complexity index is 1340. The summed E-state index contributed by atoms with van der Waals surface area (Å²) >= 11 is 0. The van der Waals surface area contributed by atoms with Crippen LogP contribution in [-0.4, -0.2) is 59.3 Å². The molecule has 0 atom stereocenters. The number of hydrogen-bond donors (Lipinski definition) is 2. The molecule has 0 heterocycles. The van der Waals surface area contributed by atoms with E-state index in [1.165, 1.54) is 0 Å². The molecule has 1 rings (SSSR count). The van der Waals surface area contributed by atoms with Crippen LogP contribution >= 0.6 is 0 Å². The summed E-state index contributed by atoms with van der Waals surface area (Å²) in [5, 5.41) is 18.0. The molecule has 23 heteroatoms. The zero-order chi connectivity index (χ0) is 23.5. The van der Waals surface area contributed by atoms with Crippen LogP contribution in [0.4, 0.5) is 19.4 Å². The molecule has 0 unspecified atom stereocenters. The Morgan fingerprint density at radius 2 is 0.621 bits per heavy atom. The second-order valence-electron chi connectivity index (χ2n) is 4.62. The van der Waals surface area contributed by atoms with Crippen molar-refractivity contribution in [2.75, 3.05) is 0 Å². The van der Waals surface area contributed by atoms with Crippen molar-refractivity contribution >= 4 is 63.7 Å². The van der Waals surface area contributed by atoms with Crippen LogP contribution in [0, 0.1) is 0 Å². The molecule has 12 nitrogen and oxygen atoms in total. The second kappa shape index (κ2) is 7.09. The van der Waals surface area contributed by atoms with Crippen molar-refractivity contribution < 1.29 is 71.6 Å². The molecular formula is C6H2BF5O12S5. The average Bonchev–Trinajstić information content (AvgIpc) is 2.38. The Balaban J connectivity index is 5.16. The topological polar surface area (TPSA) is 211 Å². The van der Waals surface area contributed by atoms with E-state index in [4.69, 9.17) is 10.0 Å². The summed E-state index contributed by atoms with van der Waals surface area (Å²) in [6.45, 7) is 0. The Morgan fingerprint density at radius 3 is 0.759 bits per heavy atom. The Hall–Kier alpha value is -1.40. The van der Waals surface area contributed by atoms with Gasteiger partial charge >= 0.3 is 58.2 Å². The van der Waals surface area contributed by atoms with Crippen molar-refractivity contribution in [3.63, 3.8) is 0 Å². The Kier molecular flexibility index (Phi) is 6.27. The summed E-state index contributed by atoms with van der Waals surface area (Å²) in [5.74, 6) is 0. The molecule has 29 heavy (non-hydrogen) atoms. The molecule has 0 aliphatic carbocycles. The van der Waals surface area contributed by atoms with Gasteiger partial charge in [0.25, 0.3) is 0 Å². The lowest BCUT2D eigenvalue weighted by Gasteiger charge is -2.17. The number of rotatable bonds is 6. The van der Waals surface area contributed by atoms with Crippen molar-refractivity contribution in [3.8, 4) is 0 Å². The largest absolute Gasteiger partial charge is 0.491 e. The third kappa shape index (κ3) is 5.03. The minimum atomic E-state index is -7.20. The quantitative estimate of drug-likeness (QED) is 0.224. The maximum atomic E-state index is 13.5. The first-order valence-corrected chi connectivity index (χ1v) is 12.7. The fourth-order valence-electron chi connectivity index (χ4n) is 2.04. The van der Waals surface area contributed by atoms with Crippen LogP contribution < -0.4 is 5.46 Å². The molecular weight excluding hydrogens is 530 g/mol. The highest BCUT2D eigenvalue weighted by molar-refractivity contribution is 7.93. The van der Waals surface area contributed by atoms with Gasteiger partial charge < -0.3 is 10.0 Å². The van der Waals surface area contributed by atoms with E-state index in [1.807, 2.05) is 0 Å². The molecule has 1 aromatic carbocycles. The van der Waals surface area contributed by atoms with E-state index >= 15 is 0 Å². The molecule has 0 aliphatic heterocycles. The third-order valence-corrected chi connectivity index (χ3v) is 7.82. The smallest absolute Gasteiger partial charge is 0.423 e. The van der Waals surface area contributed by atoms with E-state index in [9.17, 15) is 61.5 Å². The lowest BCUT2D eigenvalue weighted by molar-refractivity contribution is 0.420. The van der Waals surface area contributed by atoms with Gasteiger partial charge in [-0.25, -0.2) is 0 Å². The first-order chi connectivity index (χ1) is 12.4. The number of hydrogen-bond acceptors (Lipinski definition) is 12. The van der Waals surface area contributed by atoms with Gasteiger partial charge in [-0.15, -0.1) is 19.4 Å². The minimum absolute atomic E-state index is 2.88. The Labute approximate surface area is 159 Å². The average molecular weight is 532 g/mol. The van der Waals surface area contributed by atoms with Gasteiger partial charge in [0.15, 0.2) is 0 Å². The van der Waals surface area contributed by atoms with Crippen LogP contribution in [0.1, 0.15) is 0 Å². The molecule has 0 fully saturated rings. The monoisotopic (exact) mass is 532 g/mol. The molecule has 0 radical (unpaired) electrons. The first-order valence-electron chi connectivity index (χ1n) is 5.76. The van der Waals surface area contributed by atoms with Gasteiger partial charge in [0.05, 0.1) is 0 Å². The van der Waals surface area contributed by atoms with E-state index < -0.39 is 88.2 Å². The van der Waals surface area contributed by atoms with Crippen LogP contribution in [0.25, 0.3) is 0 Å². The normalized spacial score (nSPS) is 14.0. The van der Waals surface area contributed by atoms with Crippen molar-refractivity contribution in [2.45, 2.75) is 24.5 Å².